The van der Waals surface area contributed by atoms with Gasteiger partial charge in [0.2, 0.25) is 0 Å². The normalized spacial score (nSPS) is 11.4. The first kappa shape index (κ1) is 21.8. The Morgan fingerprint density at radius 3 is 2.60 bits per heavy atom. The van der Waals surface area contributed by atoms with Crippen molar-refractivity contribution in [1.82, 2.24) is 20.4 Å². The molecule has 0 fully saturated rings. The van der Waals surface area contributed by atoms with Crippen LogP contribution in [0.5, 0.6) is 0 Å². The van der Waals surface area contributed by atoms with Gasteiger partial charge < -0.3 is 9.88 Å². The van der Waals surface area contributed by atoms with Crippen LogP contribution >= 0.6 is 23.8 Å². The molecule has 1 aromatic heterocycles. The quantitative estimate of drug-likeness (QED) is 0.395. The van der Waals surface area contributed by atoms with Crippen molar-refractivity contribution in [1.29, 1.82) is 0 Å². The summed E-state index contributed by atoms with van der Waals surface area (Å²) in [6, 6.07) is 7.90. The van der Waals surface area contributed by atoms with Gasteiger partial charge in [0.05, 0.1) is 27.3 Å². The Bertz CT molecular complexity index is 1130. The molecule has 1 heterocycles. The fourth-order valence-corrected chi connectivity index (χ4v) is 3.25. The minimum Gasteiger partial charge on any atom is -0.330 e. The number of carbonyl (C=O) groups excluding carboxylic acids is 1. The van der Waals surface area contributed by atoms with Crippen molar-refractivity contribution >= 4 is 51.6 Å². The minimum absolute atomic E-state index is 0.0414. The number of alkyl halides is 3. The number of hydrazine groups is 1. The molecule has 0 aliphatic rings. The topological polar surface area (TPSA) is 71.0 Å². The van der Waals surface area contributed by atoms with Gasteiger partial charge in [0, 0.05) is 12.1 Å². The smallest absolute Gasteiger partial charge is 0.330 e. The van der Waals surface area contributed by atoms with E-state index < -0.39 is 17.6 Å². The number of hydrogen-bond acceptors (Lipinski definition) is 3. The molecule has 6 nitrogen and oxygen atoms in total. The predicted octanol–water partition coefficient (Wildman–Crippen LogP) is 4.67. The SMILES string of the molecule is CCn1c(C)nc2cc(C(=O)NNC(=S)Nc3cc(C(F)(F)F)ccc3Cl)ccc21. The summed E-state index contributed by atoms with van der Waals surface area (Å²) >= 11 is 10.9. The van der Waals surface area contributed by atoms with Gasteiger partial charge in [0.25, 0.3) is 5.91 Å². The van der Waals surface area contributed by atoms with Crippen LogP contribution in [0.3, 0.4) is 0 Å². The number of benzene rings is 2. The van der Waals surface area contributed by atoms with Crippen LogP contribution in [-0.4, -0.2) is 20.6 Å². The number of carbonyl (C=O) groups is 1. The maximum atomic E-state index is 12.9. The van der Waals surface area contributed by atoms with Crippen molar-refractivity contribution in [3.8, 4) is 0 Å². The van der Waals surface area contributed by atoms with Crippen molar-refractivity contribution in [2.75, 3.05) is 5.32 Å². The van der Waals surface area contributed by atoms with Gasteiger partial charge in [0.15, 0.2) is 5.11 Å². The molecule has 0 bridgehead atoms. The maximum absolute atomic E-state index is 12.9. The average Bonchev–Trinajstić information content (AvgIpc) is 3.00. The van der Waals surface area contributed by atoms with Crippen LogP contribution in [0.4, 0.5) is 18.9 Å². The molecule has 0 atom stereocenters. The zero-order valence-corrected chi connectivity index (χ0v) is 17.5. The highest BCUT2D eigenvalue weighted by atomic mass is 35.5. The van der Waals surface area contributed by atoms with E-state index >= 15 is 0 Å². The second kappa shape index (κ2) is 8.49. The highest BCUT2D eigenvalue weighted by molar-refractivity contribution is 7.80. The lowest BCUT2D eigenvalue weighted by atomic mass is 10.2. The van der Waals surface area contributed by atoms with Crippen molar-refractivity contribution in [2.45, 2.75) is 26.6 Å². The maximum Gasteiger partial charge on any atom is 0.416 e. The van der Waals surface area contributed by atoms with E-state index in [0.29, 0.717) is 11.1 Å². The lowest BCUT2D eigenvalue weighted by Crippen LogP contribution is -2.43. The van der Waals surface area contributed by atoms with Crippen LogP contribution in [0.25, 0.3) is 11.0 Å². The van der Waals surface area contributed by atoms with Crippen molar-refractivity contribution in [3.05, 3.63) is 58.4 Å². The molecular formula is C19H17ClF3N5OS. The summed E-state index contributed by atoms with van der Waals surface area (Å²) < 4.78 is 40.6. The van der Waals surface area contributed by atoms with Crippen LogP contribution in [0, 0.1) is 6.92 Å². The molecule has 0 radical (unpaired) electrons. The molecule has 0 aliphatic heterocycles. The number of fused-ring (bicyclic) bond motifs is 1. The van der Waals surface area contributed by atoms with E-state index in [4.69, 9.17) is 23.8 Å². The number of anilines is 1. The molecule has 0 saturated heterocycles. The Kier molecular flexibility index (Phi) is 6.18. The lowest BCUT2D eigenvalue weighted by Gasteiger charge is -2.14. The molecule has 11 heteroatoms. The van der Waals surface area contributed by atoms with E-state index in [1.807, 2.05) is 18.4 Å². The summed E-state index contributed by atoms with van der Waals surface area (Å²) in [7, 11) is 0. The van der Waals surface area contributed by atoms with E-state index in [1.165, 1.54) is 0 Å². The van der Waals surface area contributed by atoms with Crippen LogP contribution in [0.15, 0.2) is 36.4 Å². The van der Waals surface area contributed by atoms with Gasteiger partial charge in [-0.1, -0.05) is 11.6 Å². The third-order valence-corrected chi connectivity index (χ3v) is 4.88. The molecule has 0 saturated carbocycles. The Labute approximate surface area is 180 Å². The highest BCUT2D eigenvalue weighted by Gasteiger charge is 2.31. The van der Waals surface area contributed by atoms with Crippen LogP contribution in [-0.2, 0) is 12.7 Å². The number of amides is 1. The summed E-state index contributed by atoms with van der Waals surface area (Å²) in [6.07, 6.45) is -4.52. The third kappa shape index (κ3) is 4.65. The van der Waals surface area contributed by atoms with Crippen molar-refractivity contribution < 1.29 is 18.0 Å². The first-order valence-electron chi connectivity index (χ1n) is 8.81. The molecule has 1 amide bonds. The number of halogens is 4. The first-order chi connectivity index (χ1) is 14.1. The second-order valence-corrected chi connectivity index (χ2v) is 7.15. The largest absolute Gasteiger partial charge is 0.416 e. The fraction of sp³-hybridized carbons (Fsp3) is 0.211. The Hall–Kier alpha value is -2.85. The molecule has 0 unspecified atom stereocenters. The highest BCUT2D eigenvalue weighted by Crippen LogP contribution is 2.33. The molecule has 30 heavy (non-hydrogen) atoms. The van der Waals surface area contributed by atoms with E-state index in [9.17, 15) is 18.0 Å². The second-order valence-electron chi connectivity index (χ2n) is 6.33. The number of hydrogen-bond donors (Lipinski definition) is 3. The summed E-state index contributed by atoms with van der Waals surface area (Å²) in [5.74, 6) is 0.353. The summed E-state index contributed by atoms with van der Waals surface area (Å²) in [5, 5.41) is 2.45. The zero-order chi connectivity index (χ0) is 22.1. The van der Waals surface area contributed by atoms with E-state index in [2.05, 4.69) is 21.2 Å². The van der Waals surface area contributed by atoms with Crippen LogP contribution < -0.4 is 16.2 Å². The van der Waals surface area contributed by atoms with Gasteiger partial charge in [-0.05, 0) is 62.5 Å². The monoisotopic (exact) mass is 455 g/mol. The van der Waals surface area contributed by atoms with Gasteiger partial charge in [-0.2, -0.15) is 13.2 Å². The summed E-state index contributed by atoms with van der Waals surface area (Å²) in [4.78, 5) is 16.8. The lowest BCUT2D eigenvalue weighted by molar-refractivity contribution is -0.137. The molecule has 0 aliphatic carbocycles. The number of rotatable bonds is 3. The number of nitrogens with zero attached hydrogens (tertiary/aromatic N) is 2. The molecule has 3 rings (SSSR count). The average molecular weight is 456 g/mol. The standard InChI is InChI=1S/C19H17ClF3N5OS/c1-3-28-10(2)24-15-8-11(4-7-16(15)28)17(29)26-27-18(30)25-14-9-12(19(21,22)23)5-6-13(14)20/h4-9H,3H2,1-2H3,(H,26,29)(H2,25,27,30). The number of aromatic nitrogens is 2. The molecular weight excluding hydrogens is 439 g/mol. The molecule has 0 spiro atoms. The van der Waals surface area contributed by atoms with Crippen LogP contribution in [0.1, 0.15) is 28.7 Å². The Balaban J connectivity index is 1.66. The first-order valence-corrected chi connectivity index (χ1v) is 9.59. The van der Waals surface area contributed by atoms with Crippen molar-refractivity contribution in [3.63, 3.8) is 0 Å². The number of nitrogens with one attached hydrogen (secondary N) is 3. The number of thiocarbonyl (C=S) groups is 1. The van der Waals surface area contributed by atoms with Gasteiger partial charge in [-0.15, -0.1) is 0 Å². The summed E-state index contributed by atoms with van der Waals surface area (Å²) in [6.45, 7) is 4.64. The molecule has 158 valence electrons. The van der Waals surface area contributed by atoms with Gasteiger partial charge >= 0.3 is 6.18 Å². The van der Waals surface area contributed by atoms with Gasteiger partial charge in [-0.25, -0.2) is 4.98 Å². The van der Waals surface area contributed by atoms with Gasteiger partial charge in [0.1, 0.15) is 5.82 Å². The molecule has 2 aromatic carbocycles. The summed E-state index contributed by atoms with van der Waals surface area (Å²) in [5.41, 5.74) is 5.85. The van der Waals surface area contributed by atoms with E-state index in [1.54, 1.807) is 18.2 Å². The molecule has 3 aromatic rings. The molecule has 3 N–H and O–H groups in total. The Morgan fingerprint density at radius 2 is 1.93 bits per heavy atom. The Morgan fingerprint density at radius 1 is 1.20 bits per heavy atom. The number of imidazole rings is 1. The van der Waals surface area contributed by atoms with E-state index in [-0.39, 0.29) is 15.8 Å². The minimum atomic E-state index is -4.52. The van der Waals surface area contributed by atoms with Crippen molar-refractivity contribution in [2.24, 2.45) is 0 Å². The fourth-order valence-electron chi connectivity index (χ4n) is 2.93. The third-order valence-electron chi connectivity index (χ3n) is 4.35. The zero-order valence-electron chi connectivity index (χ0n) is 15.9. The van der Waals surface area contributed by atoms with Crippen LogP contribution in [0.2, 0.25) is 5.02 Å². The predicted molar refractivity (Wildman–Crippen MR) is 113 cm³/mol. The van der Waals surface area contributed by atoms with E-state index in [0.717, 1.165) is 36.1 Å². The van der Waals surface area contributed by atoms with Gasteiger partial charge in [-0.3, -0.25) is 15.6 Å². The number of aryl methyl sites for hydroxylation is 2.